The summed E-state index contributed by atoms with van der Waals surface area (Å²) in [7, 11) is 0. The van der Waals surface area contributed by atoms with E-state index in [0.29, 0.717) is 5.06 Å². The van der Waals surface area contributed by atoms with Crippen LogP contribution in [0.2, 0.25) is 0 Å². The molecule has 0 aromatic rings. The minimum Gasteiger partial charge on any atom is -0.390 e. The highest BCUT2D eigenvalue weighted by Crippen LogP contribution is 2.34. The van der Waals surface area contributed by atoms with Crippen molar-refractivity contribution in [2.24, 2.45) is 0 Å². The zero-order chi connectivity index (χ0) is 14.5. The molecule has 3 bridgehead atoms. The number of carbonyl (C=O) groups is 4. The van der Waals surface area contributed by atoms with E-state index in [-0.39, 0.29) is 13.2 Å². The van der Waals surface area contributed by atoms with Crippen molar-refractivity contribution in [1.82, 2.24) is 5.06 Å². The largest absolute Gasteiger partial charge is 0.465 e. The summed E-state index contributed by atoms with van der Waals surface area (Å²) in [5.41, 5.74) is -2.46. The molecule has 1 spiro atoms. The number of amides is 1. The van der Waals surface area contributed by atoms with Gasteiger partial charge in [0.05, 0.1) is 26.0 Å². The smallest absolute Gasteiger partial charge is 0.390 e. The molecule has 108 valence electrons. The zero-order valence-electron chi connectivity index (χ0n) is 9.99. The van der Waals surface area contributed by atoms with Crippen LogP contribution in [0, 0.1) is 0 Å². The van der Waals surface area contributed by atoms with E-state index >= 15 is 0 Å². The van der Waals surface area contributed by atoms with Crippen LogP contribution in [0.3, 0.4) is 0 Å². The fourth-order valence-electron chi connectivity index (χ4n) is 2.08. The normalized spacial score (nSPS) is 37.1. The Balaban J connectivity index is 2.13. The molecule has 10 heteroatoms. The van der Waals surface area contributed by atoms with Gasteiger partial charge in [0.15, 0.2) is 5.60 Å². The lowest BCUT2D eigenvalue weighted by molar-refractivity contribution is -0.351. The number of morpholine rings is 1. The minimum atomic E-state index is -2.65. The summed E-state index contributed by atoms with van der Waals surface area (Å²) in [5, 5.41) is 10.7. The molecule has 1 amide bonds. The Morgan fingerprint density at radius 1 is 1.05 bits per heavy atom. The fraction of sp³-hybridized carbons (Fsp3) is 0.600. The van der Waals surface area contributed by atoms with E-state index in [1.165, 1.54) is 0 Å². The first-order chi connectivity index (χ1) is 9.35. The van der Waals surface area contributed by atoms with Crippen LogP contribution in [0.25, 0.3) is 0 Å². The summed E-state index contributed by atoms with van der Waals surface area (Å²) in [6, 6.07) is 0. The molecule has 3 fully saturated rings. The third-order valence-corrected chi connectivity index (χ3v) is 3.02. The van der Waals surface area contributed by atoms with Gasteiger partial charge < -0.3 is 19.4 Å². The second-order valence-electron chi connectivity index (χ2n) is 4.52. The Morgan fingerprint density at radius 3 is 2.50 bits per heavy atom. The van der Waals surface area contributed by atoms with Crippen LogP contribution >= 0.6 is 0 Å². The molecule has 3 saturated heterocycles. The summed E-state index contributed by atoms with van der Waals surface area (Å²) in [4.78, 5) is 52.0. The monoisotopic (exact) mass is 287 g/mol. The topological polar surface area (TPSA) is 129 Å². The number of ether oxygens (including phenoxy) is 3. The molecule has 3 aliphatic rings. The Morgan fingerprint density at radius 2 is 1.75 bits per heavy atom. The van der Waals surface area contributed by atoms with E-state index in [9.17, 15) is 24.3 Å². The van der Waals surface area contributed by atoms with Gasteiger partial charge in [-0.1, -0.05) is 0 Å². The Hall–Kier alpha value is -2.20. The van der Waals surface area contributed by atoms with Gasteiger partial charge >= 0.3 is 29.8 Å². The van der Waals surface area contributed by atoms with Crippen molar-refractivity contribution in [1.29, 1.82) is 0 Å². The van der Waals surface area contributed by atoms with E-state index < -0.39 is 48.2 Å². The van der Waals surface area contributed by atoms with Crippen LogP contribution in [0.4, 0.5) is 0 Å². The van der Waals surface area contributed by atoms with Crippen molar-refractivity contribution < 1.29 is 43.3 Å². The number of carbonyl (C=O) groups excluding carboxylic acids is 4. The molecule has 3 aliphatic heterocycles. The van der Waals surface area contributed by atoms with E-state index in [1.807, 2.05) is 0 Å². The molecule has 1 N–H and O–H groups in total. The molecular weight excluding hydrogens is 278 g/mol. The number of aliphatic hydroxyl groups is 1. The first-order valence-electron chi connectivity index (χ1n) is 5.69. The van der Waals surface area contributed by atoms with Crippen molar-refractivity contribution in [3.05, 3.63) is 0 Å². The van der Waals surface area contributed by atoms with Crippen molar-refractivity contribution in [3.63, 3.8) is 0 Å². The predicted octanol–water partition coefficient (Wildman–Crippen LogP) is -2.42. The third-order valence-electron chi connectivity index (χ3n) is 3.02. The maximum atomic E-state index is 12.1. The summed E-state index contributed by atoms with van der Waals surface area (Å²) < 4.78 is 14.4. The SMILES string of the molecule is O=C1CC2(O)CC(=O)OC3(OCCN(O1)C3=O)OC2=O. The lowest BCUT2D eigenvalue weighted by atomic mass is 9.96. The minimum absolute atomic E-state index is 0.125. The van der Waals surface area contributed by atoms with Gasteiger partial charge in [0, 0.05) is 0 Å². The summed E-state index contributed by atoms with van der Waals surface area (Å²) in [5.74, 6) is -7.34. The number of hydroxylamine groups is 2. The summed E-state index contributed by atoms with van der Waals surface area (Å²) in [6.45, 7) is -0.322. The number of esters is 2. The average molecular weight is 287 g/mol. The molecule has 0 radical (unpaired) electrons. The molecule has 0 aromatic heterocycles. The lowest BCUT2D eigenvalue weighted by Gasteiger charge is -2.35. The molecular formula is C10H9NO9. The van der Waals surface area contributed by atoms with Crippen LogP contribution < -0.4 is 0 Å². The zero-order valence-corrected chi connectivity index (χ0v) is 9.99. The van der Waals surface area contributed by atoms with Crippen molar-refractivity contribution in [2.75, 3.05) is 13.2 Å². The second kappa shape index (κ2) is 3.90. The number of nitrogens with zero attached hydrogens (tertiary/aromatic N) is 1. The van der Waals surface area contributed by atoms with Crippen LogP contribution in [0.15, 0.2) is 0 Å². The van der Waals surface area contributed by atoms with Gasteiger partial charge in [-0.3, -0.25) is 14.3 Å². The van der Waals surface area contributed by atoms with E-state index in [1.54, 1.807) is 0 Å². The summed E-state index contributed by atoms with van der Waals surface area (Å²) in [6.07, 6.45) is -1.69. The van der Waals surface area contributed by atoms with Crippen molar-refractivity contribution in [2.45, 2.75) is 24.4 Å². The fourth-order valence-corrected chi connectivity index (χ4v) is 2.08. The standard InChI is InChI=1S/C10H9NO9/c12-5-3-9(16)4-6(13)20-11-1-2-17-10(18-5,7(11)14)19-8(9)15/h16H,1-4H2. The summed E-state index contributed by atoms with van der Waals surface area (Å²) >= 11 is 0. The molecule has 10 nitrogen and oxygen atoms in total. The molecule has 20 heavy (non-hydrogen) atoms. The Labute approximate surface area is 111 Å². The maximum absolute atomic E-state index is 12.1. The quantitative estimate of drug-likeness (QED) is 0.484. The van der Waals surface area contributed by atoms with Gasteiger partial charge in [0.2, 0.25) is 0 Å². The van der Waals surface area contributed by atoms with Crippen LogP contribution in [-0.2, 0) is 38.2 Å². The Kier molecular flexibility index (Phi) is 2.50. The second-order valence-corrected chi connectivity index (χ2v) is 4.52. The predicted molar refractivity (Wildman–Crippen MR) is 52.9 cm³/mol. The molecule has 2 atom stereocenters. The molecule has 0 aliphatic carbocycles. The van der Waals surface area contributed by atoms with E-state index in [0.717, 1.165) is 0 Å². The number of rotatable bonds is 0. The number of fused-ring (bicyclic) bond motifs is 3. The first-order valence-corrected chi connectivity index (χ1v) is 5.69. The van der Waals surface area contributed by atoms with Crippen LogP contribution in [0.1, 0.15) is 12.8 Å². The molecule has 2 unspecified atom stereocenters. The highest BCUT2D eigenvalue weighted by atomic mass is 16.9. The van der Waals surface area contributed by atoms with Gasteiger partial charge in [-0.2, -0.15) is 5.06 Å². The highest BCUT2D eigenvalue weighted by molar-refractivity contribution is 5.97. The van der Waals surface area contributed by atoms with Gasteiger partial charge in [0.25, 0.3) is 0 Å². The third kappa shape index (κ3) is 1.72. The molecule has 0 aromatic carbocycles. The van der Waals surface area contributed by atoms with E-state index in [4.69, 9.17) is 19.0 Å². The lowest BCUT2D eigenvalue weighted by Crippen LogP contribution is -2.60. The van der Waals surface area contributed by atoms with Gasteiger partial charge in [0.1, 0.15) is 0 Å². The van der Waals surface area contributed by atoms with Gasteiger partial charge in [-0.15, -0.1) is 0 Å². The Bertz CT molecular complexity index is 531. The van der Waals surface area contributed by atoms with Crippen molar-refractivity contribution in [3.8, 4) is 0 Å². The van der Waals surface area contributed by atoms with Crippen LogP contribution in [-0.4, -0.2) is 58.7 Å². The molecule has 3 heterocycles. The average Bonchev–Trinajstić information content (AvgIpc) is 2.40. The first kappa shape index (κ1) is 12.8. The van der Waals surface area contributed by atoms with E-state index in [2.05, 4.69) is 0 Å². The van der Waals surface area contributed by atoms with Crippen molar-refractivity contribution >= 4 is 23.8 Å². The van der Waals surface area contributed by atoms with Crippen LogP contribution in [0.5, 0.6) is 0 Å². The maximum Gasteiger partial charge on any atom is 0.465 e. The van der Waals surface area contributed by atoms with Gasteiger partial charge in [-0.05, 0) is 0 Å². The molecule has 0 saturated carbocycles. The highest BCUT2D eigenvalue weighted by Gasteiger charge is 2.62. The number of hydrogen-bond acceptors (Lipinski definition) is 9. The molecule has 3 rings (SSSR count). The number of hydrogen-bond donors (Lipinski definition) is 1. The van der Waals surface area contributed by atoms with Gasteiger partial charge in [-0.25, -0.2) is 9.59 Å².